The molecule has 1 aliphatic heterocycles. The Labute approximate surface area is 120 Å². The fourth-order valence-corrected chi connectivity index (χ4v) is 4.18. The van der Waals surface area contributed by atoms with Gasteiger partial charge in [0.2, 0.25) is 0 Å². The summed E-state index contributed by atoms with van der Waals surface area (Å²) in [6.07, 6.45) is 6.86. The Morgan fingerprint density at radius 1 is 1.35 bits per heavy atom. The summed E-state index contributed by atoms with van der Waals surface area (Å²) in [5, 5.41) is 0. The van der Waals surface area contributed by atoms with Gasteiger partial charge in [-0.2, -0.15) is 13.2 Å². The van der Waals surface area contributed by atoms with Gasteiger partial charge in [0.05, 0.1) is 0 Å². The predicted molar refractivity (Wildman–Crippen MR) is 81.9 cm³/mol. The van der Waals surface area contributed by atoms with Crippen molar-refractivity contribution in [2.45, 2.75) is 45.2 Å². The first-order valence-corrected chi connectivity index (χ1v) is 8.22. The topological polar surface area (TPSA) is 0 Å². The average molecular weight is 300 g/mol. The van der Waals surface area contributed by atoms with Crippen LogP contribution in [-0.4, -0.2) is 12.0 Å². The fourth-order valence-electron chi connectivity index (χ4n) is 2.50. The van der Waals surface area contributed by atoms with Crippen LogP contribution >= 0.6 is 10.5 Å². The van der Waals surface area contributed by atoms with Crippen LogP contribution in [0.5, 0.6) is 0 Å². The lowest BCUT2D eigenvalue weighted by molar-refractivity contribution is -0.0935. The molecule has 0 nitrogen and oxygen atoms in total. The molecule has 0 aromatic heterocycles. The van der Waals surface area contributed by atoms with Crippen LogP contribution in [-0.2, 0) is 0 Å². The summed E-state index contributed by atoms with van der Waals surface area (Å²) in [5.74, 6) is 4.17. The van der Waals surface area contributed by atoms with E-state index in [-0.39, 0.29) is 16.9 Å². The Kier molecular flexibility index (Phi) is 4.74. The lowest BCUT2D eigenvalue weighted by Gasteiger charge is -2.26. The molecule has 0 fully saturated rings. The second kappa shape index (κ2) is 6.17. The highest BCUT2D eigenvalue weighted by Crippen LogP contribution is 2.46. The quantitative estimate of drug-likeness (QED) is 0.560. The van der Waals surface area contributed by atoms with Gasteiger partial charge in [0, 0.05) is 10.5 Å². The summed E-state index contributed by atoms with van der Waals surface area (Å²) in [4.78, 5) is 2.28. The second-order valence-corrected chi connectivity index (χ2v) is 6.72. The highest BCUT2D eigenvalue weighted by molar-refractivity contribution is 8.21. The summed E-state index contributed by atoms with van der Waals surface area (Å²) in [6.45, 7) is 1.53. The van der Waals surface area contributed by atoms with E-state index < -0.39 is 11.7 Å². The SMILES string of the molecule is C=S1C2=C(CCC=C2)CC/C1=C\C=C(/CC)C(F)(F)F. The first kappa shape index (κ1) is 15.4. The van der Waals surface area contributed by atoms with Crippen molar-refractivity contribution in [1.82, 2.24) is 0 Å². The third-order valence-corrected chi connectivity index (χ3v) is 5.63. The van der Waals surface area contributed by atoms with Gasteiger partial charge in [-0.05, 0) is 37.0 Å². The maximum absolute atomic E-state index is 12.7. The monoisotopic (exact) mass is 300 g/mol. The molecule has 0 aromatic rings. The highest BCUT2D eigenvalue weighted by Gasteiger charge is 2.31. The summed E-state index contributed by atoms with van der Waals surface area (Å²) in [5.41, 5.74) is 0.972. The summed E-state index contributed by atoms with van der Waals surface area (Å²) in [6, 6.07) is 0. The minimum atomic E-state index is -4.23. The van der Waals surface area contributed by atoms with E-state index in [9.17, 15) is 13.2 Å². The van der Waals surface area contributed by atoms with E-state index in [0.29, 0.717) is 0 Å². The molecule has 1 aliphatic carbocycles. The molecule has 2 aliphatic rings. The zero-order valence-electron chi connectivity index (χ0n) is 11.6. The fraction of sp³-hybridized carbons (Fsp3) is 0.438. The zero-order chi connectivity index (χ0) is 14.8. The molecule has 0 spiro atoms. The van der Waals surface area contributed by atoms with Crippen molar-refractivity contribution in [2.24, 2.45) is 0 Å². The Morgan fingerprint density at radius 2 is 2.10 bits per heavy atom. The van der Waals surface area contributed by atoms with E-state index in [1.54, 1.807) is 6.08 Å². The van der Waals surface area contributed by atoms with Gasteiger partial charge in [0.15, 0.2) is 0 Å². The van der Waals surface area contributed by atoms with Gasteiger partial charge in [-0.3, -0.25) is 0 Å². The molecule has 0 bridgehead atoms. The highest BCUT2D eigenvalue weighted by atomic mass is 32.2. The van der Waals surface area contributed by atoms with E-state index in [1.165, 1.54) is 23.5 Å². The molecule has 0 saturated carbocycles. The van der Waals surface area contributed by atoms with E-state index in [4.69, 9.17) is 0 Å². The van der Waals surface area contributed by atoms with Crippen molar-refractivity contribution in [3.8, 4) is 0 Å². The Hall–Kier alpha value is -1.03. The smallest absolute Gasteiger partial charge is 0.166 e. The Morgan fingerprint density at radius 3 is 2.75 bits per heavy atom. The third-order valence-electron chi connectivity index (χ3n) is 3.70. The van der Waals surface area contributed by atoms with Crippen molar-refractivity contribution in [1.29, 1.82) is 0 Å². The molecule has 1 atom stereocenters. The van der Waals surface area contributed by atoms with E-state index in [0.717, 1.165) is 30.6 Å². The molecule has 20 heavy (non-hydrogen) atoms. The lowest BCUT2D eigenvalue weighted by Crippen LogP contribution is -2.10. The van der Waals surface area contributed by atoms with Crippen LogP contribution in [0.2, 0.25) is 0 Å². The average Bonchev–Trinajstić information content (AvgIpc) is 2.40. The molecule has 0 amide bonds. The summed E-state index contributed by atoms with van der Waals surface area (Å²) >= 11 is 0. The van der Waals surface area contributed by atoms with Gasteiger partial charge < -0.3 is 0 Å². The van der Waals surface area contributed by atoms with Gasteiger partial charge in [-0.25, -0.2) is 0 Å². The molecule has 0 saturated heterocycles. The van der Waals surface area contributed by atoms with Crippen molar-refractivity contribution in [3.05, 3.63) is 45.3 Å². The van der Waals surface area contributed by atoms with Crippen LogP contribution in [0.4, 0.5) is 13.2 Å². The number of alkyl halides is 3. The van der Waals surface area contributed by atoms with Crippen molar-refractivity contribution >= 4 is 16.4 Å². The van der Waals surface area contributed by atoms with Crippen molar-refractivity contribution in [3.63, 3.8) is 0 Å². The second-order valence-electron chi connectivity index (χ2n) is 4.98. The minimum Gasteiger partial charge on any atom is -0.166 e. The first-order valence-electron chi connectivity index (χ1n) is 6.83. The van der Waals surface area contributed by atoms with Gasteiger partial charge in [0.1, 0.15) is 0 Å². The van der Waals surface area contributed by atoms with Gasteiger partial charge in [-0.15, -0.1) is 10.5 Å². The van der Waals surface area contributed by atoms with E-state index in [2.05, 4.69) is 18.0 Å². The number of hydrogen-bond donors (Lipinski definition) is 0. The molecule has 0 radical (unpaired) electrons. The molecular weight excluding hydrogens is 281 g/mol. The standard InChI is InChI=1S/C16H19F3S/c1-3-13(16(17,18)19)9-11-14-10-8-12-6-4-5-7-15(12)20(14)2/h5,7,9,11H,2-4,6,8,10H2,1H3/b13-9+,14-11+. The molecule has 2 rings (SSSR count). The van der Waals surface area contributed by atoms with Crippen LogP contribution in [0.25, 0.3) is 0 Å². The lowest BCUT2D eigenvalue weighted by atomic mass is 9.99. The Balaban J connectivity index is 2.25. The van der Waals surface area contributed by atoms with Crippen LogP contribution in [0.3, 0.4) is 0 Å². The number of rotatable bonds is 2. The van der Waals surface area contributed by atoms with Gasteiger partial charge >= 0.3 is 6.18 Å². The summed E-state index contributed by atoms with van der Waals surface area (Å²) < 4.78 is 38.1. The largest absolute Gasteiger partial charge is 0.412 e. The molecule has 1 unspecified atom stereocenters. The maximum atomic E-state index is 12.7. The molecule has 4 heteroatoms. The van der Waals surface area contributed by atoms with E-state index >= 15 is 0 Å². The number of halogens is 3. The molecular formula is C16H19F3S. The van der Waals surface area contributed by atoms with Crippen molar-refractivity contribution < 1.29 is 13.2 Å². The van der Waals surface area contributed by atoms with Gasteiger partial charge in [-0.1, -0.05) is 42.7 Å². The van der Waals surface area contributed by atoms with Crippen molar-refractivity contribution in [2.75, 3.05) is 0 Å². The van der Waals surface area contributed by atoms with Crippen LogP contribution in [0.1, 0.15) is 39.0 Å². The first-order chi connectivity index (χ1) is 9.43. The molecule has 0 N–H and O–H groups in total. The minimum absolute atomic E-state index is 0.00600. The number of hydrogen-bond acceptors (Lipinski definition) is 0. The molecule has 0 aromatic carbocycles. The molecule has 1 heterocycles. The van der Waals surface area contributed by atoms with Crippen LogP contribution < -0.4 is 0 Å². The van der Waals surface area contributed by atoms with Gasteiger partial charge in [0.25, 0.3) is 0 Å². The predicted octanol–water partition coefficient (Wildman–Crippen LogP) is 5.87. The summed E-state index contributed by atoms with van der Waals surface area (Å²) in [7, 11) is -0.298. The number of allylic oxidation sites excluding steroid dienone is 7. The Bertz CT molecular complexity index is 530. The van der Waals surface area contributed by atoms with Crippen LogP contribution in [0, 0.1) is 0 Å². The van der Waals surface area contributed by atoms with Crippen LogP contribution in [0.15, 0.2) is 45.3 Å². The zero-order valence-corrected chi connectivity index (χ0v) is 12.4. The normalized spacial score (nSPS) is 26.1. The molecule has 110 valence electrons. The van der Waals surface area contributed by atoms with E-state index in [1.807, 2.05) is 0 Å². The third kappa shape index (κ3) is 3.35. The maximum Gasteiger partial charge on any atom is 0.412 e.